The fraction of sp³-hybridized carbons (Fsp3) is 0.650. The second kappa shape index (κ2) is 7.24. The Morgan fingerprint density at radius 2 is 1.83 bits per heavy atom. The lowest BCUT2D eigenvalue weighted by Crippen LogP contribution is -2.49. The van der Waals surface area contributed by atoms with Crippen molar-refractivity contribution in [2.45, 2.75) is 50.7 Å². The molecule has 1 aromatic rings. The molecule has 0 unspecified atom stereocenters. The van der Waals surface area contributed by atoms with Crippen molar-refractivity contribution in [2.24, 2.45) is 5.92 Å². The van der Waals surface area contributed by atoms with E-state index in [4.69, 9.17) is 4.74 Å². The van der Waals surface area contributed by atoms with Crippen LogP contribution in [0.2, 0.25) is 0 Å². The molecule has 130 valence electrons. The fourth-order valence-electron chi connectivity index (χ4n) is 4.73. The van der Waals surface area contributed by atoms with Gasteiger partial charge >= 0.3 is 0 Å². The topological polar surface area (TPSA) is 32.8 Å². The molecule has 1 amide bonds. The Morgan fingerprint density at radius 1 is 1.04 bits per heavy atom. The first kappa shape index (κ1) is 16.1. The van der Waals surface area contributed by atoms with Gasteiger partial charge in [0.05, 0.1) is 12.5 Å². The minimum atomic E-state index is 0.106. The summed E-state index contributed by atoms with van der Waals surface area (Å²) in [4.78, 5) is 17.7. The molecule has 3 aliphatic heterocycles. The van der Waals surface area contributed by atoms with Gasteiger partial charge in [0.2, 0.25) is 5.91 Å². The molecule has 3 saturated heterocycles. The molecule has 4 nitrogen and oxygen atoms in total. The monoisotopic (exact) mass is 328 g/mol. The molecular weight excluding hydrogens is 300 g/mol. The molecule has 0 radical (unpaired) electrons. The summed E-state index contributed by atoms with van der Waals surface area (Å²) in [5, 5.41) is 0. The van der Waals surface area contributed by atoms with Crippen LogP contribution in [0.5, 0.6) is 0 Å². The van der Waals surface area contributed by atoms with Crippen LogP contribution < -0.4 is 0 Å². The molecular formula is C20H28N2O2. The Balaban J connectivity index is 1.45. The SMILES string of the molecule is O=C([C@@H]1CCOC1)N1CCC[C@@H]1[C@H]1CCCN1Cc1ccccc1. The predicted octanol–water partition coefficient (Wildman–Crippen LogP) is 2.68. The lowest BCUT2D eigenvalue weighted by molar-refractivity contribution is -0.137. The van der Waals surface area contributed by atoms with E-state index in [2.05, 4.69) is 40.1 Å². The number of hydrogen-bond donors (Lipinski definition) is 0. The van der Waals surface area contributed by atoms with Crippen LogP contribution in [0, 0.1) is 5.92 Å². The predicted molar refractivity (Wildman–Crippen MR) is 93.5 cm³/mol. The molecule has 0 bridgehead atoms. The molecule has 0 aliphatic carbocycles. The van der Waals surface area contributed by atoms with Crippen LogP contribution >= 0.6 is 0 Å². The summed E-state index contributed by atoms with van der Waals surface area (Å²) in [5.41, 5.74) is 1.38. The van der Waals surface area contributed by atoms with Crippen molar-refractivity contribution in [3.63, 3.8) is 0 Å². The van der Waals surface area contributed by atoms with Gasteiger partial charge in [-0.15, -0.1) is 0 Å². The molecule has 3 heterocycles. The maximum Gasteiger partial charge on any atom is 0.228 e. The molecule has 1 aromatic carbocycles. The van der Waals surface area contributed by atoms with Gasteiger partial charge in [-0.2, -0.15) is 0 Å². The fourth-order valence-corrected chi connectivity index (χ4v) is 4.73. The minimum Gasteiger partial charge on any atom is -0.381 e. The summed E-state index contributed by atoms with van der Waals surface area (Å²) in [5.74, 6) is 0.455. The van der Waals surface area contributed by atoms with Gasteiger partial charge in [-0.25, -0.2) is 0 Å². The smallest absolute Gasteiger partial charge is 0.228 e. The summed E-state index contributed by atoms with van der Waals surface area (Å²) in [6, 6.07) is 11.7. The van der Waals surface area contributed by atoms with Crippen molar-refractivity contribution < 1.29 is 9.53 Å². The van der Waals surface area contributed by atoms with Crippen molar-refractivity contribution in [1.82, 2.24) is 9.80 Å². The maximum atomic E-state index is 12.9. The third-order valence-corrected chi connectivity index (χ3v) is 5.95. The lowest BCUT2D eigenvalue weighted by atomic mass is 10.0. The molecule has 0 N–H and O–H groups in total. The number of carbonyl (C=O) groups is 1. The average Bonchev–Trinajstić information content (AvgIpc) is 3.36. The molecule has 4 rings (SSSR count). The summed E-state index contributed by atoms with van der Waals surface area (Å²) in [6.45, 7) is 4.48. The van der Waals surface area contributed by atoms with Gasteiger partial charge in [0, 0.05) is 31.8 Å². The van der Waals surface area contributed by atoms with Crippen LogP contribution in [0.1, 0.15) is 37.7 Å². The van der Waals surface area contributed by atoms with Crippen molar-refractivity contribution in [3.8, 4) is 0 Å². The quantitative estimate of drug-likeness (QED) is 0.852. The van der Waals surface area contributed by atoms with E-state index < -0.39 is 0 Å². The van der Waals surface area contributed by atoms with Crippen molar-refractivity contribution >= 4 is 5.91 Å². The van der Waals surface area contributed by atoms with Crippen LogP contribution in [-0.2, 0) is 16.1 Å². The first-order valence-corrected chi connectivity index (χ1v) is 9.49. The van der Waals surface area contributed by atoms with Gasteiger partial charge in [-0.3, -0.25) is 9.69 Å². The maximum absolute atomic E-state index is 12.9. The van der Waals surface area contributed by atoms with Crippen LogP contribution in [0.25, 0.3) is 0 Å². The number of carbonyl (C=O) groups excluding carboxylic acids is 1. The first-order chi connectivity index (χ1) is 11.8. The molecule has 0 saturated carbocycles. The van der Waals surface area contributed by atoms with Gasteiger partial charge in [-0.1, -0.05) is 30.3 Å². The Morgan fingerprint density at radius 3 is 2.62 bits per heavy atom. The third-order valence-electron chi connectivity index (χ3n) is 5.95. The van der Waals surface area contributed by atoms with Crippen molar-refractivity contribution in [2.75, 3.05) is 26.3 Å². The Hall–Kier alpha value is -1.39. The summed E-state index contributed by atoms with van der Waals surface area (Å²) in [7, 11) is 0. The van der Waals surface area contributed by atoms with E-state index in [-0.39, 0.29) is 5.92 Å². The first-order valence-electron chi connectivity index (χ1n) is 9.49. The van der Waals surface area contributed by atoms with Crippen LogP contribution in [0.3, 0.4) is 0 Å². The highest BCUT2D eigenvalue weighted by molar-refractivity contribution is 5.80. The highest BCUT2D eigenvalue weighted by Gasteiger charge is 2.41. The zero-order valence-corrected chi connectivity index (χ0v) is 14.4. The van der Waals surface area contributed by atoms with E-state index in [9.17, 15) is 4.79 Å². The third kappa shape index (κ3) is 3.22. The van der Waals surface area contributed by atoms with Gasteiger partial charge in [0.25, 0.3) is 0 Å². The number of hydrogen-bond acceptors (Lipinski definition) is 3. The van der Waals surface area contributed by atoms with E-state index >= 15 is 0 Å². The second-order valence-electron chi connectivity index (χ2n) is 7.47. The van der Waals surface area contributed by atoms with Crippen molar-refractivity contribution in [3.05, 3.63) is 35.9 Å². The van der Waals surface area contributed by atoms with E-state index in [0.29, 0.717) is 24.6 Å². The zero-order chi connectivity index (χ0) is 16.4. The molecule has 3 atom stereocenters. The largest absolute Gasteiger partial charge is 0.381 e. The molecule has 3 aliphatic rings. The molecule has 4 heteroatoms. The molecule has 3 fully saturated rings. The number of benzene rings is 1. The number of nitrogens with zero attached hydrogens (tertiary/aromatic N) is 2. The molecule has 0 spiro atoms. The number of ether oxygens (including phenoxy) is 1. The van der Waals surface area contributed by atoms with Gasteiger partial charge in [0.1, 0.15) is 0 Å². The Labute approximate surface area is 144 Å². The van der Waals surface area contributed by atoms with Gasteiger partial charge < -0.3 is 9.64 Å². The van der Waals surface area contributed by atoms with Crippen LogP contribution in [0.15, 0.2) is 30.3 Å². The zero-order valence-electron chi connectivity index (χ0n) is 14.4. The van der Waals surface area contributed by atoms with E-state index in [0.717, 1.165) is 45.5 Å². The highest BCUT2D eigenvalue weighted by Crippen LogP contribution is 2.32. The summed E-state index contributed by atoms with van der Waals surface area (Å²) >= 11 is 0. The average molecular weight is 328 g/mol. The Bertz CT molecular complexity index is 556. The normalized spacial score (nSPS) is 31.0. The van der Waals surface area contributed by atoms with E-state index in [1.54, 1.807) is 0 Å². The minimum absolute atomic E-state index is 0.106. The standard InChI is InChI=1S/C20H28N2O2/c23-20(17-10-13-24-15-17)22-12-5-9-19(22)18-8-4-11-21(18)14-16-6-2-1-3-7-16/h1-3,6-7,17-19H,4-5,8-15H2/t17-,18-,19-/m1/s1. The van der Waals surface area contributed by atoms with E-state index in [1.807, 2.05) is 0 Å². The van der Waals surface area contributed by atoms with Gasteiger partial charge in [0.15, 0.2) is 0 Å². The second-order valence-corrected chi connectivity index (χ2v) is 7.47. The summed E-state index contributed by atoms with van der Waals surface area (Å²) in [6.07, 6.45) is 5.69. The Kier molecular flexibility index (Phi) is 4.86. The number of amides is 1. The summed E-state index contributed by atoms with van der Waals surface area (Å²) < 4.78 is 5.44. The van der Waals surface area contributed by atoms with E-state index in [1.165, 1.54) is 18.4 Å². The van der Waals surface area contributed by atoms with Crippen LogP contribution in [0.4, 0.5) is 0 Å². The number of likely N-dealkylation sites (tertiary alicyclic amines) is 2. The van der Waals surface area contributed by atoms with Crippen LogP contribution in [-0.4, -0.2) is 54.1 Å². The number of rotatable bonds is 4. The molecule has 24 heavy (non-hydrogen) atoms. The van der Waals surface area contributed by atoms with Crippen molar-refractivity contribution in [1.29, 1.82) is 0 Å². The highest BCUT2D eigenvalue weighted by atomic mass is 16.5. The van der Waals surface area contributed by atoms with Gasteiger partial charge in [-0.05, 0) is 44.2 Å². The lowest BCUT2D eigenvalue weighted by Gasteiger charge is -2.36. The molecule has 0 aromatic heterocycles.